The molecular weight excluding hydrogens is 482 g/mol. The molecule has 0 saturated heterocycles. The smallest absolute Gasteiger partial charge is 0.341 e. The Hall–Kier alpha value is -3.61. The van der Waals surface area contributed by atoms with E-state index in [-0.39, 0.29) is 22.1 Å². The summed E-state index contributed by atoms with van der Waals surface area (Å²) in [5.41, 5.74) is 2.48. The number of fused-ring (bicyclic) bond motifs is 1. The van der Waals surface area contributed by atoms with Crippen LogP contribution in [0, 0.1) is 6.92 Å². The van der Waals surface area contributed by atoms with Gasteiger partial charge in [-0.2, -0.15) is 8.42 Å². The average Bonchev–Trinajstić information content (AvgIpc) is 3.06. The van der Waals surface area contributed by atoms with Crippen molar-refractivity contribution < 1.29 is 31.3 Å². The maximum absolute atomic E-state index is 13.3. The van der Waals surface area contributed by atoms with Gasteiger partial charge in [0.15, 0.2) is 11.1 Å². The molecule has 176 valence electrons. The van der Waals surface area contributed by atoms with E-state index in [4.69, 9.17) is 8.74 Å². The summed E-state index contributed by atoms with van der Waals surface area (Å²) >= 11 is -2.03. The Bertz CT molecular complexity index is 1500. The highest BCUT2D eigenvalue weighted by Crippen LogP contribution is 2.34. The number of aliphatic carboxylic acids is 1. The first-order valence-corrected chi connectivity index (χ1v) is 12.5. The van der Waals surface area contributed by atoms with Gasteiger partial charge >= 0.3 is 16.1 Å². The van der Waals surface area contributed by atoms with Gasteiger partial charge in [0.05, 0.1) is 11.3 Å². The third kappa shape index (κ3) is 4.83. The summed E-state index contributed by atoms with van der Waals surface area (Å²) in [6.45, 7) is 1.09. The van der Waals surface area contributed by atoms with Crippen LogP contribution in [0.1, 0.15) is 11.3 Å². The van der Waals surface area contributed by atoms with Crippen molar-refractivity contribution in [2.45, 2.75) is 24.1 Å². The molecule has 4 rings (SSSR count). The summed E-state index contributed by atoms with van der Waals surface area (Å²) in [5.74, 6) is -1.21. The van der Waals surface area contributed by atoms with Gasteiger partial charge in [-0.15, -0.1) is 0 Å². The first-order chi connectivity index (χ1) is 16.2. The molecule has 2 aromatic heterocycles. The minimum Gasteiger partial charge on any atom is -0.480 e. The molecule has 2 heterocycles. The van der Waals surface area contributed by atoms with Crippen LogP contribution >= 0.6 is 0 Å². The van der Waals surface area contributed by atoms with Crippen molar-refractivity contribution in [3.8, 4) is 16.9 Å². The molecule has 0 aliphatic heterocycles. The number of carbonyl (C=O) groups is 1. The second kappa shape index (κ2) is 9.33. The highest BCUT2D eigenvalue weighted by atomic mass is 32.2. The van der Waals surface area contributed by atoms with Crippen LogP contribution in [0.15, 0.2) is 66.1 Å². The van der Waals surface area contributed by atoms with Crippen molar-refractivity contribution in [2.75, 3.05) is 0 Å². The zero-order valence-corrected chi connectivity index (χ0v) is 19.4. The lowest BCUT2D eigenvalue weighted by Crippen LogP contribution is -2.13. The monoisotopic (exact) mass is 501 g/mol. The van der Waals surface area contributed by atoms with E-state index in [1.54, 1.807) is 30.6 Å². The summed E-state index contributed by atoms with van der Waals surface area (Å²) in [6, 6.07) is 10.8. The second-order valence-electron chi connectivity index (χ2n) is 7.40. The molecule has 34 heavy (non-hydrogen) atoms. The van der Waals surface area contributed by atoms with Gasteiger partial charge in [-0.1, -0.05) is 18.2 Å². The molecule has 12 heteroatoms. The zero-order chi connectivity index (χ0) is 24.5. The molecule has 0 bridgehead atoms. The molecule has 1 unspecified atom stereocenters. The van der Waals surface area contributed by atoms with Crippen LogP contribution < -0.4 is 4.18 Å². The predicted molar refractivity (Wildman–Crippen MR) is 124 cm³/mol. The quantitative estimate of drug-likeness (QED) is 0.274. The van der Waals surface area contributed by atoms with Crippen LogP contribution in [0.25, 0.3) is 22.0 Å². The summed E-state index contributed by atoms with van der Waals surface area (Å²) in [7, 11) is -4.37. The molecule has 2 N–H and O–H groups in total. The lowest BCUT2D eigenvalue weighted by Gasteiger charge is -2.09. The third-order valence-corrected chi connectivity index (χ3v) is 7.13. The van der Waals surface area contributed by atoms with E-state index in [1.165, 1.54) is 42.1 Å². The minimum absolute atomic E-state index is 0.0126. The zero-order valence-electron chi connectivity index (χ0n) is 17.8. The van der Waals surface area contributed by atoms with Gasteiger partial charge in [0.2, 0.25) is 0 Å². The van der Waals surface area contributed by atoms with Crippen LogP contribution in [0.2, 0.25) is 0 Å². The van der Waals surface area contributed by atoms with Crippen molar-refractivity contribution in [2.24, 2.45) is 0 Å². The fraction of sp³-hybridized carbons (Fsp3) is 0.136. The van der Waals surface area contributed by atoms with E-state index < -0.39 is 33.7 Å². The van der Waals surface area contributed by atoms with Gasteiger partial charge in [-0.3, -0.25) is 4.79 Å². The van der Waals surface area contributed by atoms with E-state index in [0.717, 1.165) is 0 Å². The lowest BCUT2D eigenvalue weighted by atomic mass is 10.1. The maximum Gasteiger partial charge on any atom is 0.341 e. The van der Waals surface area contributed by atoms with E-state index in [9.17, 15) is 22.5 Å². The van der Waals surface area contributed by atoms with E-state index in [0.29, 0.717) is 27.6 Å². The Morgan fingerprint density at radius 3 is 2.38 bits per heavy atom. The van der Waals surface area contributed by atoms with Crippen LogP contribution in [0.4, 0.5) is 0 Å². The summed E-state index contributed by atoms with van der Waals surface area (Å²) in [6.07, 6.45) is 4.55. The van der Waals surface area contributed by atoms with E-state index in [2.05, 4.69) is 9.97 Å². The molecule has 0 spiro atoms. The van der Waals surface area contributed by atoms with Crippen molar-refractivity contribution in [3.05, 3.63) is 72.4 Å². The van der Waals surface area contributed by atoms with Crippen LogP contribution in [0.3, 0.4) is 0 Å². The highest BCUT2D eigenvalue weighted by Gasteiger charge is 2.28. The highest BCUT2D eigenvalue weighted by molar-refractivity contribution is 7.87. The van der Waals surface area contributed by atoms with E-state index in [1.807, 2.05) is 0 Å². The van der Waals surface area contributed by atoms with Crippen LogP contribution in [-0.2, 0) is 38.3 Å². The SMILES string of the molecule is Cc1c(S(=O)(=O)Oc2ccc(CS(=O)O)cc2)c2cc(-c3cncnc3)ccc2n1CC(=O)O. The minimum atomic E-state index is -4.37. The molecule has 0 radical (unpaired) electrons. The third-order valence-electron chi connectivity index (χ3n) is 5.12. The first kappa shape index (κ1) is 23.5. The molecule has 0 amide bonds. The topological polar surface area (TPSA) is 149 Å². The van der Waals surface area contributed by atoms with E-state index >= 15 is 0 Å². The number of hydrogen-bond acceptors (Lipinski definition) is 7. The Balaban J connectivity index is 1.82. The molecule has 10 nitrogen and oxygen atoms in total. The molecule has 2 aromatic carbocycles. The fourth-order valence-corrected chi connectivity index (χ4v) is 5.52. The molecular formula is C22H19N3O7S2. The van der Waals surface area contributed by atoms with Gasteiger partial charge in [0.1, 0.15) is 23.5 Å². The first-order valence-electron chi connectivity index (χ1n) is 9.86. The van der Waals surface area contributed by atoms with Gasteiger partial charge in [0, 0.05) is 29.0 Å². The maximum atomic E-state index is 13.3. The van der Waals surface area contributed by atoms with Gasteiger partial charge in [-0.05, 0) is 42.3 Å². The largest absolute Gasteiger partial charge is 0.480 e. The average molecular weight is 502 g/mol. The predicted octanol–water partition coefficient (Wildman–Crippen LogP) is 2.98. The van der Waals surface area contributed by atoms with Crippen molar-refractivity contribution in [1.82, 2.24) is 14.5 Å². The van der Waals surface area contributed by atoms with Gasteiger partial charge in [-0.25, -0.2) is 14.2 Å². The molecule has 0 saturated carbocycles. The van der Waals surface area contributed by atoms with Crippen molar-refractivity contribution in [1.29, 1.82) is 0 Å². The van der Waals surface area contributed by atoms with Crippen LogP contribution in [0.5, 0.6) is 5.75 Å². The Labute approximate surface area is 197 Å². The molecule has 0 aliphatic rings. The lowest BCUT2D eigenvalue weighted by molar-refractivity contribution is -0.137. The Morgan fingerprint density at radius 2 is 1.76 bits per heavy atom. The van der Waals surface area contributed by atoms with Gasteiger partial charge < -0.3 is 18.4 Å². The summed E-state index contributed by atoms with van der Waals surface area (Å²) in [5, 5.41) is 9.66. The number of rotatable bonds is 8. The molecule has 0 aliphatic carbocycles. The fourth-order valence-electron chi connectivity index (χ4n) is 3.69. The van der Waals surface area contributed by atoms with Crippen molar-refractivity contribution >= 4 is 38.1 Å². The number of carboxylic acids is 1. The normalized spacial score (nSPS) is 12.5. The summed E-state index contributed by atoms with van der Waals surface area (Å²) < 4.78 is 53.4. The number of aromatic nitrogens is 3. The standard InChI is InChI=1S/C22H19N3O7S2/c1-14-22(34(30,31)32-18-5-2-15(3-6-18)12-33(28)29)19-8-16(17-9-23-13-24-10-17)4-7-20(19)25(14)11-21(26)27/h2-10,13H,11-12H2,1H3,(H,26,27)(H,28,29). The second-order valence-corrected chi connectivity index (χ2v) is 9.82. The Morgan fingerprint density at radius 1 is 1.09 bits per heavy atom. The molecule has 4 aromatic rings. The number of carboxylic acid groups (broad SMARTS) is 1. The summed E-state index contributed by atoms with van der Waals surface area (Å²) in [4.78, 5) is 19.3. The number of nitrogens with zero attached hydrogens (tertiary/aromatic N) is 3. The van der Waals surface area contributed by atoms with Crippen molar-refractivity contribution in [3.63, 3.8) is 0 Å². The van der Waals surface area contributed by atoms with Crippen LogP contribution in [-0.4, -0.2) is 42.8 Å². The molecule has 1 atom stereocenters. The number of benzene rings is 2. The number of hydrogen-bond donors (Lipinski definition) is 2. The molecule has 0 fully saturated rings. The Kier molecular flexibility index (Phi) is 6.46. The van der Waals surface area contributed by atoms with Gasteiger partial charge in [0.25, 0.3) is 0 Å².